The van der Waals surface area contributed by atoms with Gasteiger partial charge in [-0.2, -0.15) is 0 Å². The molecule has 3 N–H and O–H groups in total. The van der Waals surface area contributed by atoms with E-state index in [1.54, 1.807) is 6.92 Å². The number of hydrogen-bond acceptors (Lipinski definition) is 4. The van der Waals surface area contributed by atoms with Gasteiger partial charge in [0, 0.05) is 25.2 Å². The maximum absolute atomic E-state index is 10.8. The minimum Gasteiger partial charge on any atom is -0.466 e. The van der Waals surface area contributed by atoms with Crippen molar-refractivity contribution in [1.29, 1.82) is 0 Å². The number of halogens is 1. The van der Waals surface area contributed by atoms with Crippen LogP contribution in [0.1, 0.15) is 51.2 Å². The highest BCUT2D eigenvalue weighted by atomic mass is 127. The molecule has 0 aliphatic rings. The largest absolute Gasteiger partial charge is 0.466 e. The molecule has 0 bridgehead atoms. The molecule has 0 saturated heterocycles. The second kappa shape index (κ2) is 12.6. The molecule has 1 aromatic rings. The first-order valence-electron chi connectivity index (χ1n) is 9.38. The quantitative estimate of drug-likeness (QED) is 0.273. The van der Waals surface area contributed by atoms with Crippen molar-refractivity contribution in [3.05, 3.63) is 23.2 Å². The molecule has 1 unspecified atom stereocenters. The Labute approximate surface area is 175 Å². The van der Waals surface area contributed by atoms with Crippen molar-refractivity contribution in [2.45, 2.75) is 53.6 Å². The Kier molecular flexibility index (Phi) is 12.2. The number of nitrogens with one attached hydrogen (secondary N) is 2. The molecule has 26 heavy (non-hydrogen) atoms. The zero-order valence-corrected chi connectivity index (χ0v) is 19.5. The van der Waals surface area contributed by atoms with Crippen LogP contribution in [0.15, 0.2) is 15.5 Å². The number of nitrogens with zero attached hydrogens (tertiary/aromatic N) is 2. The molecular weight excluding hydrogens is 443 g/mol. The van der Waals surface area contributed by atoms with E-state index in [1.165, 1.54) is 0 Å². The second-order valence-corrected chi connectivity index (χ2v) is 6.66. The van der Waals surface area contributed by atoms with Crippen molar-refractivity contribution in [3.63, 3.8) is 0 Å². The zero-order valence-electron chi connectivity index (χ0n) is 17.2. The van der Waals surface area contributed by atoms with Gasteiger partial charge in [-0.05, 0) is 53.3 Å². The van der Waals surface area contributed by atoms with Gasteiger partial charge in [0.15, 0.2) is 5.96 Å². The summed E-state index contributed by atoms with van der Waals surface area (Å²) in [5, 5.41) is 17.4. The summed E-state index contributed by atoms with van der Waals surface area (Å²) in [6.07, 6.45) is 1.16. The molecule has 1 atom stereocenters. The Hall–Kier alpha value is -0.800. The summed E-state index contributed by atoms with van der Waals surface area (Å²) in [6, 6.07) is 1.88. The standard InChI is InChI=1S/C19H36N4O2.HI/c1-7-11-23(9-3)12-10-21-18(20-8-2)22-14-19(6,24)17-13-15(4)25-16(17)5;/h13,24H,7-12,14H2,1-6H3,(H2,20,21,22);1H. The number of likely N-dealkylation sites (N-methyl/N-ethyl adjacent to an activating group) is 1. The molecule has 1 aromatic heterocycles. The Balaban J connectivity index is 0.00000625. The van der Waals surface area contributed by atoms with E-state index in [0.29, 0.717) is 0 Å². The third-order valence-corrected chi connectivity index (χ3v) is 4.22. The summed E-state index contributed by atoms with van der Waals surface area (Å²) in [5.74, 6) is 2.28. The van der Waals surface area contributed by atoms with Gasteiger partial charge in [-0.15, -0.1) is 24.0 Å². The van der Waals surface area contributed by atoms with Crippen molar-refractivity contribution in [3.8, 4) is 0 Å². The highest BCUT2D eigenvalue weighted by Crippen LogP contribution is 2.27. The molecular formula is C19H37IN4O2. The van der Waals surface area contributed by atoms with Crippen molar-refractivity contribution in [2.75, 3.05) is 39.3 Å². The van der Waals surface area contributed by atoms with E-state index in [0.717, 1.165) is 62.2 Å². The third kappa shape index (κ3) is 8.26. The van der Waals surface area contributed by atoms with E-state index in [4.69, 9.17) is 4.42 Å². The first kappa shape index (κ1) is 25.2. The van der Waals surface area contributed by atoms with Gasteiger partial charge < -0.3 is 25.1 Å². The van der Waals surface area contributed by atoms with Gasteiger partial charge in [0.05, 0.1) is 6.54 Å². The second-order valence-electron chi connectivity index (χ2n) is 6.66. The van der Waals surface area contributed by atoms with Crippen LogP contribution in [-0.2, 0) is 5.60 Å². The van der Waals surface area contributed by atoms with Gasteiger partial charge in [0.25, 0.3) is 0 Å². The fraction of sp³-hybridized carbons (Fsp3) is 0.737. The topological polar surface area (TPSA) is 73.0 Å². The lowest BCUT2D eigenvalue weighted by Gasteiger charge is -2.23. The van der Waals surface area contributed by atoms with Crippen LogP contribution in [0.2, 0.25) is 0 Å². The highest BCUT2D eigenvalue weighted by molar-refractivity contribution is 14.0. The number of aliphatic imine (C=N–C) groups is 1. The number of rotatable bonds is 10. The summed E-state index contributed by atoms with van der Waals surface area (Å²) in [4.78, 5) is 6.97. The maximum atomic E-state index is 10.8. The van der Waals surface area contributed by atoms with Crippen LogP contribution in [0.3, 0.4) is 0 Å². The Morgan fingerprint density at radius 2 is 1.92 bits per heavy atom. The lowest BCUT2D eigenvalue weighted by molar-refractivity contribution is 0.0657. The van der Waals surface area contributed by atoms with Gasteiger partial charge in [-0.1, -0.05) is 13.8 Å². The molecule has 0 radical (unpaired) electrons. The predicted octanol–water partition coefficient (Wildman–Crippen LogP) is 3.01. The summed E-state index contributed by atoms with van der Waals surface area (Å²) in [6.45, 7) is 17.0. The number of aryl methyl sites for hydroxylation is 2. The molecule has 0 fully saturated rings. The molecule has 0 amide bonds. The van der Waals surface area contributed by atoms with E-state index >= 15 is 0 Å². The summed E-state index contributed by atoms with van der Waals surface area (Å²) >= 11 is 0. The predicted molar refractivity (Wildman–Crippen MR) is 120 cm³/mol. The van der Waals surface area contributed by atoms with Crippen molar-refractivity contribution in [1.82, 2.24) is 15.5 Å². The fourth-order valence-corrected chi connectivity index (χ4v) is 2.90. The van der Waals surface area contributed by atoms with E-state index in [2.05, 4.69) is 34.4 Å². The van der Waals surface area contributed by atoms with Gasteiger partial charge >= 0.3 is 0 Å². The van der Waals surface area contributed by atoms with Gasteiger partial charge in [-0.3, -0.25) is 0 Å². The molecule has 1 heterocycles. The average Bonchev–Trinajstić information content (AvgIpc) is 2.91. The zero-order chi connectivity index (χ0) is 18.9. The summed E-state index contributed by atoms with van der Waals surface area (Å²) in [7, 11) is 0. The highest BCUT2D eigenvalue weighted by Gasteiger charge is 2.27. The smallest absolute Gasteiger partial charge is 0.191 e. The molecule has 6 nitrogen and oxygen atoms in total. The molecule has 7 heteroatoms. The monoisotopic (exact) mass is 480 g/mol. The lowest BCUT2D eigenvalue weighted by atomic mass is 9.96. The van der Waals surface area contributed by atoms with Gasteiger partial charge in [0.1, 0.15) is 17.1 Å². The van der Waals surface area contributed by atoms with Crippen LogP contribution in [-0.4, -0.2) is 55.2 Å². The minimum atomic E-state index is -1.05. The van der Waals surface area contributed by atoms with Crippen molar-refractivity contribution >= 4 is 29.9 Å². The van der Waals surface area contributed by atoms with Crippen LogP contribution in [0.5, 0.6) is 0 Å². The van der Waals surface area contributed by atoms with Gasteiger partial charge in [0.2, 0.25) is 0 Å². The Morgan fingerprint density at radius 1 is 1.23 bits per heavy atom. The first-order valence-corrected chi connectivity index (χ1v) is 9.38. The molecule has 1 rings (SSSR count). The molecule has 0 aromatic carbocycles. The third-order valence-electron chi connectivity index (χ3n) is 4.22. The average molecular weight is 480 g/mol. The number of furan rings is 1. The molecule has 0 spiro atoms. The Morgan fingerprint density at radius 3 is 2.42 bits per heavy atom. The van der Waals surface area contributed by atoms with Crippen molar-refractivity contribution < 1.29 is 9.52 Å². The molecule has 152 valence electrons. The Bertz CT molecular complexity index is 544. The number of guanidine groups is 1. The summed E-state index contributed by atoms with van der Waals surface area (Å²) < 4.78 is 5.54. The molecule has 0 aliphatic carbocycles. The van der Waals surface area contributed by atoms with Crippen LogP contribution in [0.4, 0.5) is 0 Å². The molecule has 0 aliphatic heterocycles. The fourth-order valence-electron chi connectivity index (χ4n) is 2.90. The van der Waals surface area contributed by atoms with Crippen LogP contribution >= 0.6 is 24.0 Å². The molecule has 0 saturated carbocycles. The van der Waals surface area contributed by atoms with Crippen LogP contribution in [0.25, 0.3) is 0 Å². The minimum absolute atomic E-state index is 0. The number of aliphatic hydroxyl groups is 1. The van der Waals surface area contributed by atoms with Crippen LogP contribution < -0.4 is 10.6 Å². The van der Waals surface area contributed by atoms with Gasteiger partial charge in [-0.25, -0.2) is 4.99 Å². The van der Waals surface area contributed by atoms with Crippen LogP contribution in [0, 0.1) is 13.8 Å². The van der Waals surface area contributed by atoms with Crippen molar-refractivity contribution in [2.24, 2.45) is 4.99 Å². The van der Waals surface area contributed by atoms with E-state index in [-0.39, 0.29) is 30.5 Å². The number of hydrogen-bond donors (Lipinski definition) is 3. The van der Waals surface area contributed by atoms with E-state index in [9.17, 15) is 5.11 Å². The first-order chi connectivity index (χ1) is 11.8. The van der Waals surface area contributed by atoms with E-state index < -0.39 is 5.60 Å². The maximum Gasteiger partial charge on any atom is 0.191 e. The SMILES string of the molecule is CCCN(CC)CCNC(=NCC(C)(O)c1cc(C)oc1C)NCC.I. The normalized spacial score (nSPS) is 14.1. The summed E-state index contributed by atoms with van der Waals surface area (Å²) in [5.41, 5.74) is -0.258. The van der Waals surface area contributed by atoms with E-state index in [1.807, 2.05) is 26.8 Å². The lowest BCUT2D eigenvalue weighted by Crippen LogP contribution is -2.42.